The van der Waals surface area contributed by atoms with Crippen LogP contribution < -0.4 is 24.3 Å². The highest BCUT2D eigenvalue weighted by Gasteiger charge is 2.11. The van der Waals surface area contributed by atoms with Gasteiger partial charge in [-0.25, -0.2) is 9.97 Å². The molecule has 4 rings (SSSR count). The van der Waals surface area contributed by atoms with Crippen LogP contribution in [0.3, 0.4) is 0 Å². The number of amides is 1. The molecule has 1 amide bonds. The molecule has 0 aliphatic rings. The molecule has 8 heteroatoms. The predicted octanol–water partition coefficient (Wildman–Crippen LogP) is 5.21. The molecule has 8 nitrogen and oxygen atoms in total. The van der Waals surface area contributed by atoms with Crippen LogP contribution in [0.5, 0.6) is 28.9 Å². The van der Waals surface area contributed by atoms with Gasteiger partial charge in [-0.2, -0.15) is 0 Å². The molecule has 0 fully saturated rings. The molecule has 1 N–H and O–H groups in total. The Kier molecular flexibility index (Phi) is 6.88. The van der Waals surface area contributed by atoms with Crippen LogP contribution >= 0.6 is 0 Å². The SMILES string of the molecule is COc1ccc(Oc2cc(-c3cccc(C(=O)Nc4cc(OC)cc(OC)c4)c3)ncn2)cc1. The molecule has 0 aliphatic heterocycles. The number of hydrogen-bond acceptors (Lipinski definition) is 7. The van der Waals surface area contributed by atoms with E-state index in [1.165, 1.54) is 6.33 Å². The van der Waals surface area contributed by atoms with Crippen LogP contribution in [0.2, 0.25) is 0 Å². The molecule has 1 aromatic heterocycles. The molecule has 0 saturated heterocycles. The molecule has 172 valence electrons. The standard InChI is InChI=1S/C26H23N3O5/c1-31-20-7-9-21(10-8-20)34-25-15-24(27-16-28-25)17-5-4-6-18(11-17)26(30)29-19-12-22(32-2)14-23(13-19)33-3/h4-16H,1-3H3,(H,29,30). The summed E-state index contributed by atoms with van der Waals surface area (Å²) in [5, 5.41) is 2.87. The topological polar surface area (TPSA) is 91.8 Å². The molecular weight excluding hydrogens is 434 g/mol. The molecule has 1 heterocycles. The lowest BCUT2D eigenvalue weighted by Crippen LogP contribution is -2.12. The van der Waals surface area contributed by atoms with Crippen molar-refractivity contribution in [3.8, 4) is 40.1 Å². The first-order chi connectivity index (χ1) is 16.6. The Morgan fingerprint density at radius 2 is 1.41 bits per heavy atom. The summed E-state index contributed by atoms with van der Waals surface area (Å²) in [7, 11) is 4.71. The third-order valence-corrected chi connectivity index (χ3v) is 4.95. The minimum atomic E-state index is -0.277. The summed E-state index contributed by atoms with van der Waals surface area (Å²) in [6.45, 7) is 0. The highest BCUT2D eigenvalue weighted by molar-refractivity contribution is 6.05. The number of benzene rings is 3. The van der Waals surface area contributed by atoms with E-state index < -0.39 is 0 Å². The largest absolute Gasteiger partial charge is 0.497 e. The summed E-state index contributed by atoms with van der Waals surface area (Å²) in [6, 6.07) is 21.2. The van der Waals surface area contributed by atoms with Crippen molar-refractivity contribution in [2.75, 3.05) is 26.6 Å². The minimum Gasteiger partial charge on any atom is -0.497 e. The number of ether oxygens (including phenoxy) is 4. The third-order valence-electron chi connectivity index (χ3n) is 4.95. The number of nitrogens with one attached hydrogen (secondary N) is 1. The zero-order valence-corrected chi connectivity index (χ0v) is 18.9. The average molecular weight is 457 g/mol. The molecule has 0 aliphatic carbocycles. The molecule has 0 radical (unpaired) electrons. The average Bonchev–Trinajstić information content (AvgIpc) is 2.89. The second kappa shape index (κ2) is 10.4. The van der Waals surface area contributed by atoms with E-state index in [1.54, 1.807) is 88.1 Å². The number of nitrogens with zero attached hydrogens (tertiary/aromatic N) is 2. The zero-order valence-electron chi connectivity index (χ0n) is 18.9. The van der Waals surface area contributed by atoms with E-state index in [0.29, 0.717) is 40.1 Å². The number of methoxy groups -OCH3 is 3. The van der Waals surface area contributed by atoms with E-state index in [-0.39, 0.29) is 5.91 Å². The lowest BCUT2D eigenvalue weighted by atomic mass is 10.1. The van der Waals surface area contributed by atoms with E-state index in [1.807, 2.05) is 6.07 Å². The van der Waals surface area contributed by atoms with E-state index >= 15 is 0 Å². The third kappa shape index (κ3) is 5.42. The van der Waals surface area contributed by atoms with E-state index in [0.717, 1.165) is 11.3 Å². The molecule has 0 bridgehead atoms. The van der Waals surface area contributed by atoms with Crippen molar-refractivity contribution in [1.29, 1.82) is 0 Å². The van der Waals surface area contributed by atoms with E-state index in [9.17, 15) is 4.79 Å². The van der Waals surface area contributed by atoms with Crippen LogP contribution in [-0.2, 0) is 0 Å². The molecule has 34 heavy (non-hydrogen) atoms. The van der Waals surface area contributed by atoms with E-state index in [4.69, 9.17) is 18.9 Å². The maximum atomic E-state index is 12.9. The Balaban J connectivity index is 1.53. The summed E-state index contributed by atoms with van der Waals surface area (Å²) in [4.78, 5) is 21.4. The summed E-state index contributed by atoms with van der Waals surface area (Å²) in [5.41, 5.74) is 2.40. The van der Waals surface area contributed by atoms with Gasteiger partial charge in [0.25, 0.3) is 5.91 Å². The summed E-state index contributed by atoms with van der Waals surface area (Å²) in [5.74, 6) is 2.61. The second-order valence-electron chi connectivity index (χ2n) is 7.16. The van der Waals surface area contributed by atoms with Crippen LogP contribution in [-0.4, -0.2) is 37.2 Å². The van der Waals surface area contributed by atoms with Crippen LogP contribution in [0, 0.1) is 0 Å². The Hall–Kier alpha value is -4.59. The highest BCUT2D eigenvalue weighted by atomic mass is 16.5. The monoisotopic (exact) mass is 457 g/mol. The maximum absolute atomic E-state index is 12.9. The number of hydrogen-bond donors (Lipinski definition) is 1. The van der Waals surface area contributed by atoms with Gasteiger partial charge in [0.2, 0.25) is 5.88 Å². The molecule has 0 saturated carbocycles. The Morgan fingerprint density at radius 1 is 0.735 bits per heavy atom. The smallest absolute Gasteiger partial charge is 0.255 e. The molecule has 0 atom stereocenters. The Labute approximate surface area is 197 Å². The predicted molar refractivity (Wildman–Crippen MR) is 128 cm³/mol. The van der Waals surface area contributed by atoms with Gasteiger partial charge in [0.05, 0.1) is 27.0 Å². The Bertz CT molecular complexity index is 1270. The molecule has 4 aromatic rings. The molecule has 0 spiro atoms. The summed E-state index contributed by atoms with van der Waals surface area (Å²) >= 11 is 0. The van der Waals surface area contributed by atoms with Gasteiger partial charge >= 0.3 is 0 Å². The fourth-order valence-electron chi connectivity index (χ4n) is 3.22. The van der Waals surface area contributed by atoms with Crippen LogP contribution in [0.1, 0.15) is 10.4 Å². The summed E-state index contributed by atoms with van der Waals surface area (Å²) < 4.78 is 21.5. The van der Waals surface area contributed by atoms with Gasteiger partial charge in [-0.3, -0.25) is 4.79 Å². The fraction of sp³-hybridized carbons (Fsp3) is 0.115. The van der Waals surface area contributed by atoms with Gasteiger partial charge in [0, 0.05) is 41.1 Å². The minimum absolute atomic E-state index is 0.277. The number of anilines is 1. The normalized spacial score (nSPS) is 10.3. The number of carbonyl (C=O) groups excluding carboxylic acids is 1. The number of aromatic nitrogens is 2. The van der Waals surface area contributed by atoms with Crippen molar-refractivity contribution >= 4 is 11.6 Å². The van der Waals surface area contributed by atoms with Gasteiger partial charge in [-0.15, -0.1) is 0 Å². The van der Waals surface area contributed by atoms with Crippen LogP contribution in [0.15, 0.2) is 79.1 Å². The van der Waals surface area contributed by atoms with E-state index in [2.05, 4.69) is 15.3 Å². The zero-order chi connectivity index (χ0) is 23.9. The first-order valence-corrected chi connectivity index (χ1v) is 10.4. The fourth-order valence-corrected chi connectivity index (χ4v) is 3.22. The van der Waals surface area contributed by atoms with Gasteiger partial charge in [0.1, 0.15) is 29.3 Å². The van der Waals surface area contributed by atoms with Crippen molar-refractivity contribution in [3.05, 3.63) is 84.7 Å². The quantitative estimate of drug-likeness (QED) is 0.388. The molecule has 0 unspecified atom stereocenters. The second-order valence-corrected chi connectivity index (χ2v) is 7.16. The van der Waals surface area contributed by atoms with Crippen LogP contribution in [0.25, 0.3) is 11.3 Å². The summed E-state index contributed by atoms with van der Waals surface area (Å²) in [6.07, 6.45) is 1.42. The lowest BCUT2D eigenvalue weighted by Gasteiger charge is -2.11. The van der Waals surface area contributed by atoms with Crippen molar-refractivity contribution < 1.29 is 23.7 Å². The number of rotatable bonds is 8. The van der Waals surface area contributed by atoms with Crippen LogP contribution in [0.4, 0.5) is 5.69 Å². The molecule has 3 aromatic carbocycles. The number of carbonyl (C=O) groups is 1. The maximum Gasteiger partial charge on any atom is 0.255 e. The van der Waals surface area contributed by atoms with Crippen molar-refractivity contribution in [1.82, 2.24) is 9.97 Å². The van der Waals surface area contributed by atoms with Gasteiger partial charge in [-0.05, 0) is 36.4 Å². The first-order valence-electron chi connectivity index (χ1n) is 10.4. The van der Waals surface area contributed by atoms with Gasteiger partial charge in [0.15, 0.2) is 0 Å². The van der Waals surface area contributed by atoms with Crippen molar-refractivity contribution in [3.63, 3.8) is 0 Å². The van der Waals surface area contributed by atoms with Crippen molar-refractivity contribution in [2.45, 2.75) is 0 Å². The highest BCUT2D eigenvalue weighted by Crippen LogP contribution is 2.28. The Morgan fingerprint density at radius 3 is 2.09 bits per heavy atom. The van der Waals surface area contributed by atoms with Gasteiger partial charge in [-0.1, -0.05) is 12.1 Å². The van der Waals surface area contributed by atoms with Gasteiger partial charge < -0.3 is 24.3 Å². The van der Waals surface area contributed by atoms with Crippen molar-refractivity contribution in [2.24, 2.45) is 0 Å². The first kappa shape index (κ1) is 22.6. The molecular formula is C26H23N3O5. The lowest BCUT2D eigenvalue weighted by molar-refractivity contribution is 0.102.